The van der Waals surface area contributed by atoms with Crippen LogP contribution in [0.25, 0.3) is 0 Å². The first-order chi connectivity index (χ1) is 10.7. The minimum absolute atomic E-state index is 0.132. The van der Waals surface area contributed by atoms with Gasteiger partial charge in [-0.25, -0.2) is 0 Å². The highest BCUT2D eigenvalue weighted by Crippen LogP contribution is 2.44. The number of fused-ring (bicyclic) bond motifs is 1. The molecule has 22 heavy (non-hydrogen) atoms. The molecule has 3 rings (SSSR count). The van der Waals surface area contributed by atoms with Crippen LogP contribution in [0.3, 0.4) is 0 Å². The Morgan fingerprint density at radius 1 is 1.18 bits per heavy atom. The third-order valence-corrected chi connectivity index (χ3v) is 5.17. The Hall–Kier alpha value is -1.59. The van der Waals surface area contributed by atoms with Crippen molar-refractivity contribution < 1.29 is 0 Å². The molecule has 4 unspecified atom stereocenters. The maximum absolute atomic E-state index is 9.49. The Bertz CT molecular complexity index is 510. The van der Waals surface area contributed by atoms with Gasteiger partial charge in [0.1, 0.15) is 6.04 Å². The molecular formula is C20H28N2. The summed E-state index contributed by atoms with van der Waals surface area (Å²) < 4.78 is 0. The predicted octanol–water partition coefficient (Wildman–Crippen LogP) is 4.95. The number of nitriles is 1. The van der Waals surface area contributed by atoms with Gasteiger partial charge in [-0.05, 0) is 51.0 Å². The molecule has 0 radical (unpaired) electrons. The molecule has 2 aliphatic rings. The van der Waals surface area contributed by atoms with Crippen molar-refractivity contribution in [3.63, 3.8) is 0 Å². The van der Waals surface area contributed by atoms with Crippen LogP contribution in [-0.2, 0) is 0 Å². The largest absolute Gasteiger partial charge is 0.281 e. The molecule has 4 atom stereocenters. The summed E-state index contributed by atoms with van der Waals surface area (Å²) in [7, 11) is 0. The molecule has 0 spiro atoms. The number of nitrogens with zero attached hydrogens (tertiary/aromatic N) is 2. The monoisotopic (exact) mass is 296 g/mol. The van der Waals surface area contributed by atoms with E-state index in [0.29, 0.717) is 12.0 Å². The zero-order chi connectivity index (χ0) is 15.9. The number of rotatable bonds is 2. The summed E-state index contributed by atoms with van der Waals surface area (Å²) in [5.41, 5.74) is 1.33. The van der Waals surface area contributed by atoms with Crippen LogP contribution >= 0.6 is 0 Å². The van der Waals surface area contributed by atoms with Gasteiger partial charge >= 0.3 is 0 Å². The molecule has 1 heterocycles. The van der Waals surface area contributed by atoms with Crippen LogP contribution < -0.4 is 0 Å². The third-order valence-electron chi connectivity index (χ3n) is 5.17. The Labute approximate surface area is 135 Å². The Kier molecular flexibility index (Phi) is 6.21. The molecule has 1 saturated carbocycles. The molecule has 1 aromatic rings. The van der Waals surface area contributed by atoms with Crippen LogP contribution in [0.15, 0.2) is 42.5 Å². The van der Waals surface area contributed by atoms with Crippen molar-refractivity contribution in [2.75, 3.05) is 6.54 Å². The highest BCUT2D eigenvalue weighted by Gasteiger charge is 2.45. The molecule has 2 fully saturated rings. The quantitative estimate of drug-likeness (QED) is 0.722. The van der Waals surface area contributed by atoms with E-state index in [2.05, 4.69) is 48.2 Å². The summed E-state index contributed by atoms with van der Waals surface area (Å²) in [6, 6.07) is 13.6. The van der Waals surface area contributed by atoms with Gasteiger partial charge in [0, 0.05) is 12.6 Å². The summed E-state index contributed by atoms with van der Waals surface area (Å²) in [4.78, 5) is 2.42. The SMILES string of the molecule is C/C=C\C.CC(c1ccccc1)N1CC2CCCC2C1C#N. The standard InChI is InChI=1S/C16H20N2.C4H8/c1-12(13-6-3-2-4-7-13)18-11-14-8-5-9-15(14)16(18)10-17;1-3-4-2/h2-4,6-7,12,14-16H,5,8-9,11H2,1H3;3-4H,1-2H3/b;4-3-. The maximum atomic E-state index is 9.49. The number of likely N-dealkylation sites (tertiary alicyclic amines) is 1. The van der Waals surface area contributed by atoms with E-state index >= 15 is 0 Å². The molecule has 1 aromatic carbocycles. The Morgan fingerprint density at radius 3 is 2.45 bits per heavy atom. The second-order valence-corrected chi connectivity index (χ2v) is 6.38. The van der Waals surface area contributed by atoms with Crippen molar-refractivity contribution >= 4 is 0 Å². The normalized spacial score (nSPS) is 28.7. The summed E-state index contributed by atoms with van der Waals surface area (Å²) in [6.45, 7) is 7.35. The van der Waals surface area contributed by atoms with Gasteiger partial charge in [-0.1, -0.05) is 48.9 Å². The smallest absolute Gasteiger partial charge is 0.101 e. The second kappa shape index (κ2) is 8.15. The van der Waals surface area contributed by atoms with Crippen LogP contribution in [0, 0.1) is 23.2 Å². The lowest BCUT2D eigenvalue weighted by molar-refractivity contribution is 0.203. The molecule has 0 aromatic heterocycles. The molecule has 0 amide bonds. The van der Waals surface area contributed by atoms with Gasteiger partial charge in [-0.2, -0.15) is 5.26 Å². The first-order valence-electron chi connectivity index (χ1n) is 8.50. The molecule has 1 aliphatic heterocycles. The van der Waals surface area contributed by atoms with E-state index in [1.54, 1.807) is 0 Å². The average molecular weight is 296 g/mol. The minimum atomic E-state index is 0.132. The van der Waals surface area contributed by atoms with E-state index in [-0.39, 0.29) is 6.04 Å². The maximum Gasteiger partial charge on any atom is 0.101 e. The fourth-order valence-corrected chi connectivity index (χ4v) is 3.83. The molecular weight excluding hydrogens is 268 g/mol. The number of allylic oxidation sites excluding steroid dienone is 2. The number of benzene rings is 1. The van der Waals surface area contributed by atoms with Crippen molar-refractivity contribution in [1.82, 2.24) is 4.90 Å². The average Bonchev–Trinajstić information content (AvgIpc) is 3.15. The zero-order valence-electron chi connectivity index (χ0n) is 14.1. The molecule has 2 nitrogen and oxygen atoms in total. The topological polar surface area (TPSA) is 27.0 Å². The van der Waals surface area contributed by atoms with Crippen molar-refractivity contribution in [3.05, 3.63) is 48.0 Å². The van der Waals surface area contributed by atoms with Gasteiger partial charge in [0.05, 0.1) is 6.07 Å². The summed E-state index contributed by atoms with van der Waals surface area (Å²) in [5.74, 6) is 1.39. The highest BCUT2D eigenvalue weighted by atomic mass is 15.2. The van der Waals surface area contributed by atoms with E-state index in [4.69, 9.17) is 0 Å². The van der Waals surface area contributed by atoms with Crippen molar-refractivity contribution in [3.8, 4) is 6.07 Å². The van der Waals surface area contributed by atoms with Gasteiger partial charge in [0.25, 0.3) is 0 Å². The van der Waals surface area contributed by atoms with Gasteiger partial charge in [-0.15, -0.1) is 0 Å². The van der Waals surface area contributed by atoms with Crippen molar-refractivity contribution in [2.45, 2.75) is 52.1 Å². The van der Waals surface area contributed by atoms with Crippen LogP contribution in [0.4, 0.5) is 0 Å². The third kappa shape index (κ3) is 3.59. The summed E-state index contributed by atoms with van der Waals surface area (Å²) >= 11 is 0. The van der Waals surface area contributed by atoms with E-state index < -0.39 is 0 Å². The molecule has 1 aliphatic carbocycles. The Morgan fingerprint density at radius 2 is 1.86 bits per heavy atom. The molecule has 1 saturated heterocycles. The highest BCUT2D eigenvalue weighted by molar-refractivity contribution is 5.20. The molecule has 2 heteroatoms. The zero-order valence-corrected chi connectivity index (χ0v) is 14.1. The molecule has 0 bridgehead atoms. The van der Waals surface area contributed by atoms with E-state index in [0.717, 1.165) is 12.5 Å². The van der Waals surface area contributed by atoms with E-state index in [1.807, 2.05) is 26.0 Å². The number of hydrogen-bond acceptors (Lipinski definition) is 2. The lowest BCUT2D eigenvalue weighted by Gasteiger charge is -2.29. The van der Waals surface area contributed by atoms with Crippen molar-refractivity contribution in [2.24, 2.45) is 11.8 Å². The first-order valence-corrected chi connectivity index (χ1v) is 8.50. The summed E-state index contributed by atoms with van der Waals surface area (Å²) in [6.07, 6.45) is 7.89. The van der Waals surface area contributed by atoms with Gasteiger partial charge in [0.2, 0.25) is 0 Å². The lowest BCUT2D eigenvalue weighted by Crippen LogP contribution is -2.33. The van der Waals surface area contributed by atoms with Crippen LogP contribution in [0.1, 0.15) is 51.6 Å². The van der Waals surface area contributed by atoms with Gasteiger partial charge in [-0.3, -0.25) is 4.90 Å². The second-order valence-electron chi connectivity index (χ2n) is 6.38. The van der Waals surface area contributed by atoms with Crippen molar-refractivity contribution in [1.29, 1.82) is 5.26 Å². The fourth-order valence-electron chi connectivity index (χ4n) is 3.83. The lowest BCUT2D eigenvalue weighted by atomic mass is 9.95. The first kappa shape index (κ1) is 16.8. The van der Waals surface area contributed by atoms with E-state index in [1.165, 1.54) is 24.8 Å². The Balaban J connectivity index is 0.000000396. The number of hydrogen-bond donors (Lipinski definition) is 0. The predicted molar refractivity (Wildman–Crippen MR) is 92.3 cm³/mol. The molecule has 0 N–H and O–H groups in total. The van der Waals surface area contributed by atoms with Gasteiger partial charge in [0.15, 0.2) is 0 Å². The van der Waals surface area contributed by atoms with E-state index in [9.17, 15) is 5.26 Å². The van der Waals surface area contributed by atoms with Gasteiger partial charge < -0.3 is 0 Å². The fraction of sp³-hybridized carbons (Fsp3) is 0.550. The summed E-state index contributed by atoms with van der Waals surface area (Å²) in [5, 5.41) is 9.49. The van der Waals surface area contributed by atoms with Crippen LogP contribution in [-0.4, -0.2) is 17.5 Å². The molecule has 118 valence electrons. The minimum Gasteiger partial charge on any atom is -0.281 e. The van der Waals surface area contributed by atoms with Crippen LogP contribution in [0.5, 0.6) is 0 Å². The van der Waals surface area contributed by atoms with Crippen LogP contribution in [0.2, 0.25) is 0 Å².